The molecule has 3 atom stereocenters. The van der Waals surface area contributed by atoms with Gasteiger partial charge in [0.05, 0.1) is 10.4 Å². The van der Waals surface area contributed by atoms with Crippen molar-refractivity contribution in [3.8, 4) is 0 Å². The van der Waals surface area contributed by atoms with Gasteiger partial charge >= 0.3 is 0 Å². The molecule has 2 fully saturated rings. The average Bonchev–Trinajstić information content (AvgIpc) is 3.23. The second-order valence-corrected chi connectivity index (χ2v) is 7.30. The van der Waals surface area contributed by atoms with Crippen molar-refractivity contribution < 1.29 is 9.53 Å². The normalized spacial score (nSPS) is 27.3. The number of nitrogens with zero attached hydrogens (tertiary/aromatic N) is 3. The number of carbonyl (C=O) groups is 1. The topological polar surface area (TPSA) is 67.4 Å². The van der Waals surface area contributed by atoms with Crippen LogP contribution in [0, 0.1) is 17.8 Å². The van der Waals surface area contributed by atoms with E-state index in [9.17, 15) is 4.79 Å². The molecule has 3 heterocycles. The van der Waals surface area contributed by atoms with Gasteiger partial charge in [0.25, 0.3) is 0 Å². The fourth-order valence-corrected chi connectivity index (χ4v) is 3.69. The number of carbonyl (C=O) groups excluding carboxylic acids is 1. The Balaban J connectivity index is 1.54. The number of ether oxygens (including phenoxy) is 1. The summed E-state index contributed by atoms with van der Waals surface area (Å²) in [6, 6.07) is 0. The molecule has 0 saturated carbocycles. The summed E-state index contributed by atoms with van der Waals surface area (Å²) in [4.78, 5) is 23.1. The van der Waals surface area contributed by atoms with Gasteiger partial charge in [0.2, 0.25) is 5.91 Å². The van der Waals surface area contributed by atoms with E-state index in [2.05, 4.69) is 31.2 Å². The summed E-state index contributed by atoms with van der Waals surface area (Å²) in [5, 5.41) is 3.38. The van der Waals surface area contributed by atoms with Crippen LogP contribution in [0.1, 0.15) is 12.2 Å². The molecule has 3 rings (SSSR count). The van der Waals surface area contributed by atoms with Gasteiger partial charge in [-0.15, -0.1) is 0 Å². The Morgan fingerprint density at radius 2 is 2.22 bits per heavy atom. The molecular weight excluding hydrogens is 360 g/mol. The zero-order valence-electron chi connectivity index (χ0n) is 13.4. The number of rotatable bonds is 5. The lowest BCUT2D eigenvalue weighted by molar-refractivity contribution is -0.135. The van der Waals surface area contributed by atoms with Gasteiger partial charge in [-0.25, -0.2) is 9.97 Å². The van der Waals surface area contributed by atoms with Crippen molar-refractivity contribution >= 4 is 21.8 Å². The summed E-state index contributed by atoms with van der Waals surface area (Å²) in [6.07, 6.45) is 5.22. The highest BCUT2D eigenvalue weighted by molar-refractivity contribution is 9.10. The summed E-state index contributed by atoms with van der Waals surface area (Å²) in [5.74, 6) is 1.97. The van der Waals surface area contributed by atoms with Crippen LogP contribution in [0.5, 0.6) is 0 Å². The molecule has 1 aromatic rings. The zero-order valence-corrected chi connectivity index (χ0v) is 15.0. The summed E-state index contributed by atoms with van der Waals surface area (Å²) < 4.78 is 6.37. The highest BCUT2D eigenvalue weighted by atomic mass is 79.9. The van der Waals surface area contributed by atoms with Gasteiger partial charge in [0.1, 0.15) is 5.82 Å². The van der Waals surface area contributed by atoms with E-state index in [-0.39, 0.29) is 11.8 Å². The van der Waals surface area contributed by atoms with E-state index >= 15 is 0 Å². The molecule has 126 valence electrons. The van der Waals surface area contributed by atoms with Crippen LogP contribution in [0.3, 0.4) is 0 Å². The van der Waals surface area contributed by atoms with Crippen LogP contribution in [0.25, 0.3) is 0 Å². The minimum absolute atomic E-state index is 0.0672. The Morgan fingerprint density at radius 3 is 2.91 bits per heavy atom. The molecule has 0 aliphatic carbocycles. The minimum Gasteiger partial charge on any atom is -0.381 e. The number of amides is 1. The quantitative estimate of drug-likeness (QED) is 0.825. The fraction of sp³-hybridized carbons (Fsp3) is 0.688. The maximum atomic E-state index is 12.8. The second kappa shape index (κ2) is 7.68. The molecule has 23 heavy (non-hydrogen) atoms. The van der Waals surface area contributed by atoms with Crippen LogP contribution in [0.4, 0.5) is 0 Å². The van der Waals surface area contributed by atoms with E-state index in [0.29, 0.717) is 24.8 Å². The zero-order chi connectivity index (χ0) is 16.2. The van der Waals surface area contributed by atoms with E-state index in [0.717, 1.165) is 43.0 Å². The van der Waals surface area contributed by atoms with Crippen molar-refractivity contribution in [1.82, 2.24) is 20.2 Å². The van der Waals surface area contributed by atoms with Gasteiger partial charge < -0.3 is 15.0 Å². The molecule has 2 aliphatic rings. The van der Waals surface area contributed by atoms with Gasteiger partial charge in [-0.3, -0.25) is 4.79 Å². The van der Waals surface area contributed by atoms with Crippen LogP contribution in [0.2, 0.25) is 0 Å². The lowest BCUT2D eigenvalue weighted by Crippen LogP contribution is -2.39. The summed E-state index contributed by atoms with van der Waals surface area (Å²) in [7, 11) is 1.88. The Kier molecular flexibility index (Phi) is 5.61. The van der Waals surface area contributed by atoms with Gasteiger partial charge in [-0.1, -0.05) is 0 Å². The number of halogens is 1. The Bertz CT molecular complexity index is 533. The van der Waals surface area contributed by atoms with Crippen molar-refractivity contribution in [3.05, 3.63) is 22.7 Å². The van der Waals surface area contributed by atoms with E-state index in [1.807, 2.05) is 11.9 Å². The second-order valence-electron chi connectivity index (χ2n) is 6.38. The number of hydrogen-bond acceptors (Lipinski definition) is 5. The van der Waals surface area contributed by atoms with E-state index in [1.54, 1.807) is 12.4 Å². The van der Waals surface area contributed by atoms with Gasteiger partial charge in [-0.2, -0.15) is 0 Å². The van der Waals surface area contributed by atoms with Crippen LogP contribution in [0.15, 0.2) is 16.9 Å². The van der Waals surface area contributed by atoms with Crippen LogP contribution in [-0.2, 0) is 16.0 Å². The van der Waals surface area contributed by atoms with Crippen LogP contribution in [-0.4, -0.2) is 60.7 Å². The van der Waals surface area contributed by atoms with Crippen molar-refractivity contribution in [2.45, 2.75) is 12.8 Å². The van der Waals surface area contributed by atoms with Crippen molar-refractivity contribution in [3.63, 3.8) is 0 Å². The first-order valence-electron chi connectivity index (χ1n) is 8.15. The van der Waals surface area contributed by atoms with Gasteiger partial charge in [0.15, 0.2) is 0 Å². The Morgan fingerprint density at radius 1 is 1.43 bits per heavy atom. The molecule has 2 aliphatic heterocycles. The monoisotopic (exact) mass is 382 g/mol. The summed E-state index contributed by atoms with van der Waals surface area (Å²) in [6.45, 7) is 3.98. The molecule has 2 saturated heterocycles. The lowest BCUT2D eigenvalue weighted by Gasteiger charge is -2.27. The lowest BCUT2D eigenvalue weighted by atomic mass is 9.82. The smallest absolute Gasteiger partial charge is 0.227 e. The van der Waals surface area contributed by atoms with Crippen LogP contribution < -0.4 is 5.32 Å². The Labute approximate surface area is 145 Å². The molecule has 6 nitrogen and oxygen atoms in total. The van der Waals surface area contributed by atoms with E-state index in [1.165, 1.54) is 0 Å². The maximum Gasteiger partial charge on any atom is 0.227 e. The van der Waals surface area contributed by atoms with Crippen molar-refractivity contribution in [1.29, 1.82) is 0 Å². The van der Waals surface area contributed by atoms with E-state index < -0.39 is 0 Å². The molecule has 0 bridgehead atoms. The molecular formula is C16H23BrN4O2. The Hall–Kier alpha value is -1.05. The first-order chi connectivity index (χ1) is 11.1. The molecule has 1 amide bonds. The third-order valence-electron chi connectivity index (χ3n) is 4.87. The first-order valence-corrected chi connectivity index (χ1v) is 8.94. The number of likely N-dealkylation sites (N-methyl/N-ethyl adjacent to an activating group) is 1. The first kappa shape index (κ1) is 16.8. The SMILES string of the molecule is CN(CCc1ncc(Br)cn1)C(=O)[C@@H]1CNC[C@H]1C1CCOC1. The average molecular weight is 383 g/mol. The molecule has 1 unspecified atom stereocenters. The standard InChI is InChI=1S/C16H23BrN4O2/c1-21(4-2-15-19-6-12(17)7-20-15)16(22)14-9-18-8-13(14)11-3-5-23-10-11/h6-7,11,13-14,18H,2-5,8-10H2,1H3/t11?,13-,14+/m0/s1. The molecule has 0 aromatic carbocycles. The third-order valence-corrected chi connectivity index (χ3v) is 5.28. The highest BCUT2D eigenvalue weighted by Crippen LogP contribution is 2.31. The van der Waals surface area contributed by atoms with Crippen LogP contribution >= 0.6 is 15.9 Å². The predicted molar refractivity (Wildman–Crippen MR) is 89.8 cm³/mol. The molecule has 1 N–H and O–H groups in total. The molecule has 0 radical (unpaired) electrons. The number of aromatic nitrogens is 2. The largest absolute Gasteiger partial charge is 0.381 e. The maximum absolute atomic E-state index is 12.8. The van der Waals surface area contributed by atoms with Crippen molar-refractivity contribution in [2.75, 3.05) is 39.9 Å². The molecule has 1 aromatic heterocycles. The van der Waals surface area contributed by atoms with E-state index in [4.69, 9.17) is 4.74 Å². The van der Waals surface area contributed by atoms with Crippen molar-refractivity contribution in [2.24, 2.45) is 17.8 Å². The third kappa shape index (κ3) is 4.08. The fourth-order valence-electron chi connectivity index (χ4n) is 3.48. The van der Waals surface area contributed by atoms with Gasteiger partial charge in [0, 0.05) is 52.2 Å². The minimum atomic E-state index is 0.0672. The number of hydrogen-bond donors (Lipinski definition) is 1. The predicted octanol–water partition coefficient (Wildman–Crippen LogP) is 1.11. The highest BCUT2D eigenvalue weighted by Gasteiger charge is 2.40. The summed E-state index contributed by atoms with van der Waals surface area (Å²) >= 11 is 3.33. The van der Waals surface area contributed by atoms with Gasteiger partial charge in [-0.05, 0) is 40.7 Å². The summed E-state index contributed by atoms with van der Waals surface area (Å²) in [5.41, 5.74) is 0. The molecule has 7 heteroatoms. The molecule has 0 spiro atoms. The number of nitrogens with one attached hydrogen (secondary N) is 1.